The number of para-hydroxylation sites is 1. The van der Waals surface area contributed by atoms with Gasteiger partial charge in [-0.15, -0.1) is 0 Å². The topological polar surface area (TPSA) is 70.7 Å². The first-order chi connectivity index (χ1) is 13.1. The molecule has 1 aliphatic rings. The summed E-state index contributed by atoms with van der Waals surface area (Å²) in [5, 5.41) is 5.79. The van der Waals surface area contributed by atoms with Gasteiger partial charge < -0.3 is 20.3 Å². The Labute approximate surface area is 159 Å². The van der Waals surface area contributed by atoms with Crippen molar-refractivity contribution in [1.29, 1.82) is 0 Å². The van der Waals surface area contributed by atoms with E-state index < -0.39 is 6.04 Å². The molecule has 1 fully saturated rings. The van der Waals surface area contributed by atoms with Crippen molar-refractivity contribution >= 4 is 17.6 Å². The number of benzene rings is 2. The van der Waals surface area contributed by atoms with Crippen molar-refractivity contribution in [3.05, 3.63) is 48.5 Å². The number of amides is 3. The quantitative estimate of drug-likeness (QED) is 0.850. The first-order valence-electron chi connectivity index (χ1n) is 9.22. The fraction of sp³-hybridized carbons (Fsp3) is 0.333. The predicted octanol–water partition coefficient (Wildman–Crippen LogP) is 3.49. The molecule has 0 spiro atoms. The molecule has 1 heterocycles. The molecule has 0 aromatic heterocycles. The molecule has 3 amide bonds. The van der Waals surface area contributed by atoms with Crippen LogP contribution in [-0.2, 0) is 4.79 Å². The average molecular weight is 367 g/mol. The van der Waals surface area contributed by atoms with E-state index in [2.05, 4.69) is 10.6 Å². The molecule has 0 bridgehead atoms. The molecule has 2 aromatic carbocycles. The lowest BCUT2D eigenvalue weighted by Crippen LogP contribution is -2.47. The highest BCUT2D eigenvalue weighted by molar-refractivity contribution is 5.97. The Morgan fingerprint density at radius 3 is 2.59 bits per heavy atom. The monoisotopic (exact) mass is 367 g/mol. The van der Waals surface area contributed by atoms with Crippen LogP contribution in [0.1, 0.15) is 19.8 Å². The lowest BCUT2D eigenvalue weighted by molar-refractivity contribution is -0.124. The van der Waals surface area contributed by atoms with E-state index >= 15 is 0 Å². The van der Waals surface area contributed by atoms with Gasteiger partial charge in [0.05, 0.1) is 12.8 Å². The molecule has 0 aliphatic carbocycles. The molecule has 2 N–H and O–H groups in total. The van der Waals surface area contributed by atoms with Gasteiger partial charge in [0.25, 0.3) is 0 Å². The second-order valence-corrected chi connectivity index (χ2v) is 6.45. The highest BCUT2D eigenvalue weighted by atomic mass is 16.5. The number of methoxy groups -OCH3 is 1. The third-order valence-corrected chi connectivity index (χ3v) is 4.74. The van der Waals surface area contributed by atoms with Gasteiger partial charge in [0.1, 0.15) is 11.8 Å². The molecule has 0 unspecified atom stereocenters. The number of rotatable bonds is 5. The van der Waals surface area contributed by atoms with Gasteiger partial charge >= 0.3 is 6.03 Å². The van der Waals surface area contributed by atoms with Crippen LogP contribution in [0.5, 0.6) is 5.75 Å². The third-order valence-electron chi connectivity index (χ3n) is 4.74. The van der Waals surface area contributed by atoms with E-state index in [0.29, 0.717) is 25.2 Å². The molecule has 1 saturated heterocycles. The summed E-state index contributed by atoms with van der Waals surface area (Å²) in [6.45, 7) is 3.02. The van der Waals surface area contributed by atoms with E-state index in [1.807, 2.05) is 55.5 Å². The molecule has 0 saturated carbocycles. The van der Waals surface area contributed by atoms with Crippen LogP contribution in [-0.4, -0.2) is 43.1 Å². The third kappa shape index (κ3) is 4.22. The van der Waals surface area contributed by atoms with Crippen LogP contribution >= 0.6 is 0 Å². The Kier molecular flexibility index (Phi) is 5.96. The van der Waals surface area contributed by atoms with Crippen LogP contribution in [0.15, 0.2) is 48.5 Å². The number of ether oxygens (including phenoxy) is 1. The molecule has 2 aromatic rings. The summed E-state index contributed by atoms with van der Waals surface area (Å²) < 4.78 is 5.21. The molecule has 142 valence electrons. The highest BCUT2D eigenvalue weighted by Gasteiger charge is 2.34. The first-order valence-corrected chi connectivity index (χ1v) is 9.22. The van der Waals surface area contributed by atoms with E-state index in [-0.39, 0.29) is 11.9 Å². The summed E-state index contributed by atoms with van der Waals surface area (Å²) in [5.41, 5.74) is 2.62. The van der Waals surface area contributed by atoms with Crippen LogP contribution in [0, 0.1) is 0 Å². The average Bonchev–Trinajstić information content (AvgIpc) is 3.19. The lowest BCUT2D eigenvalue weighted by Gasteiger charge is -2.24. The van der Waals surface area contributed by atoms with E-state index in [4.69, 9.17) is 4.74 Å². The van der Waals surface area contributed by atoms with Crippen molar-refractivity contribution in [3.8, 4) is 16.9 Å². The van der Waals surface area contributed by atoms with Crippen molar-refractivity contribution < 1.29 is 14.3 Å². The number of urea groups is 1. The zero-order valence-electron chi connectivity index (χ0n) is 15.7. The minimum absolute atomic E-state index is 0.0893. The zero-order valence-corrected chi connectivity index (χ0v) is 15.7. The second kappa shape index (κ2) is 8.58. The number of anilines is 1. The van der Waals surface area contributed by atoms with E-state index in [1.54, 1.807) is 12.0 Å². The van der Waals surface area contributed by atoms with Crippen LogP contribution in [0.3, 0.4) is 0 Å². The minimum atomic E-state index is -0.405. The molecule has 6 nitrogen and oxygen atoms in total. The Morgan fingerprint density at radius 1 is 1.15 bits per heavy atom. The zero-order chi connectivity index (χ0) is 19.2. The van der Waals surface area contributed by atoms with Crippen molar-refractivity contribution in [3.63, 3.8) is 0 Å². The van der Waals surface area contributed by atoms with Gasteiger partial charge in [-0.25, -0.2) is 4.79 Å². The van der Waals surface area contributed by atoms with Crippen molar-refractivity contribution in [1.82, 2.24) is 10.2 Å². The SMILES string of the molecule is CCNC(=O)[C@@H]1CCCN1C(=O)Nc1ccccc1-c1ccc(OC)cc1. The number of nitrogens with zero attached hydrogens (tertiary/aromatic N) is 1. The van der Waals surface area contributed by atoms with Gasteiger partial charge in [0.15, 0.2) is 0 Å². The van der Waals surface area contributed by atoms with Gasteiger partial charge in [0.2, 0.25) is 5.91 Å². The molecule has 3 rings (SSSR count). The Bertz CT molecular complexity index is 805. The number of carbonyl (C=O) groups is 2. The van der Waals surface area contributed by atoms with Crippen LogP contribution in [0.2, 0.25) is 0 Å². The van der Waals surface area contributed by atoms with Crippen LogP contribution in [0.25, 0.3) is 11.1 Å². The summed E-state index contributed by atoms with van der Waals surface area (Å²) >= 11 is 0. The maximum Gasteiger partial charge on any atom is 0.322 e. The molecule has 1 atom stereocenters. The number of carbonyl (C=O) groups excluding carboxylic acids is 2. The van der Waals surface area contributed by atoms with Crippen molar-refractivity contribution in [2.24, 2.45) is 0 Å². The summed E-state index contributed by atoms with van der Waals surface area (Å²) in [5.74, 6) is 0.690. The van der Waals surface area contributed by atoms with Gasteiger partial charge in [-0.2, -0.15) is 0 Å². The smallest absolute Gasteiger partial charge is 0.322 e. The fourth-order valence-corrected chi connectivity index (χ4v) is 3.38. The van der Waals surface area contributed by atoms with E-state index in [0.717, 1.165) is 23.3 Å². The molecular formula is C21H25N3O3. The summed E-state index contributed by atoms with van der Waals surface area (Å²) in [6, 6.07) is 14.7. The Balaban J connectivity index is 1.79. The normalized spacial score (nSPS) is 16.1. The van der Waals surface area contributed by atoms with Crippen molar-refractivity contribution in [2.45, 2.75) is 25.8 Å². The van der Waals surface area contributed by atoms with Crippen LogP contribution in [0.4, 0.5) is 10.5 Å². The van der Waals surface area contributed by atoms with Crippen LogP contribution < -0.4 is 15.4 Å². The fourth-order valence-electron chi connectivity index (χ4n) is 3.38. The summed E-state index contributed by atoms with van der Waals surface area (Å²) in [6.07, 6.45) is 1.52. The van der Waals surface area contributed by atoms with Gasteiger partial charge in [-0.1, -0.05) is 30.3 Å². The lowest BCUT2D eigenvalue weighted by atomic mass is 10.0. The standard InChI is InChI=1S/C21H25N3O3/c1-3-22-20(25)19-9-6-14-24(19)21(26)23-18-8-5-4-7-17(18)15-10-12-16(27-2)13-11-15/h4-5,7-8,10-13,19H,3,6,9,14H2,1-2H3,(H,22,25)(H,23,26)/t19-/m0/s1. The largest absolute Gasteiger partial charge is 0.497 e. The summed E-state index contributed by atoms with van der Waals surface area (Å²) in [4.78, 5) is 26.7. The molecular weight excluding hydrogens is 342 g/mol. The first kappa shape index (κ1) is 18.8. The van der Waals surface area contributed by atoms with E-state index in [1.165, 1.54) is 0 Å². The van der Waals surface area contributed by atoms with E-state index in [9.17, 15) is 9.59 Å². The van der Waals surface area contributed by atoms with Crippen molar-refractivity contribution in [2.75, 3.05) is 25.5 Å². The van der Waals surface area contributed by atoms with Gasteiger partial charge in [-0.05, 0) is 43.5 Å². The maximum atomic E-state index is 12.8. The number of hydrogen-bond acceptors (Lipinski definition) is 3. The molecule has 0 radical (unpaired) electrons. The minimum Gasteiger partial charge on any atom is -0.497 e. The Hall–Kier alpha value is -3.02. The molecule has 6 heteroatoms. The summed E-state index contributed by atoms with van der Waals surface area (Å²) in [7, 11) is 1.63. The molecule has 1 aliphatic heterocycles. The van der Waals surface area contributed by atoms with Gasteiger partial charge in [0, 0.05) is 18.7 Å². The maximum absolute atomic E-state index is 12.8. The number of nitrogens with one attached hydrogen (secondary N) is 2. The number of likely N-dealkylation sites (tertiary alicyclic amines) is 1. The number of likely N-dealkylation sites (N-methyl/N-ethyl adjacent to an activating group) is 1. The predicted molar refractivity (Wildman–Crippen MR) is 106 cm³/mol. The number of hydrogen-bond donors (Lipinski definition) is 2. The Morgan fingerprint density at radius 2 is 1.89 bits per heavy atom. The second-order valence-electron chi connectivity index (χ2n) is 6.45. The highest BCUT2D eigenvalue weighted by Crippen LogP contribution is 2.30. The molecule has 27 heavy (non-hydrogen) atoms. The van der Waals surface area contributed by atoms with Gasteiger partial charge in [-0.3, -0.25) is 4.79 Å².